The Balaban J connectivity index is 0.00000104. The van der Waals surface area contributed by atoms with Crippen molar-refractivity contribution in [2.24, 2.45) is 17.8 Å². The standard InChI is InChI=1S/C20H30N2.2ClH/c1-3-22-11-7-10-16-18-13-21(2)14-19(18)17(12-20(16)22)15-8-5-4-6-9-15;;/h4-6,8-9,16-20H,3,7,10-14H2,1-2H3;2*1H. The number of fused-ring (bicyclic) bond motifs is 3. The summed E-state index contributed by atoms with van der Waals surface area (Å²) in [6, 6.07) is 12.2. The maximum Gasteiger partial charge on any atom is 0.0133 e. The van der Waals surface area contributed by atoms with Gasteiger partial charge in [0.1, 0.15) is 0 Å². The second kappa shape index (κ2) is 8.40. The molecule has 3 fully saturated rings. The fraction of sp³-hybridized carbons (Fsp3) is 0.700. The maximum atomic E-state index is 2.79. The predicted octanol–water partition coefficient (Wildman–Crippen LogP) is 4.30. The first kappa shape index (κ1) is 20.0. The summed E-state index contributed by atoms with van der Waals surface area (Å²) in [7, 11) is 2.33. The summed E-state index contributed by atoms with van der Waals surface area (Å²) in [4.78, 5) is 5.39. The number of rotatable bonds is 2. The Morgan fingerprint density at radius 1 is 1.00 bits per heavy atom. The fourth-order valence-corrected chi connectivity index (χ4v) is 5.84. The minimum atomic E-state index is 0. The van der Waals surface area contributed by atoms with Gasteiger partial charge in [-0.3, -0.25) is 0 Å². The molecule has 0 radical (unpaired) electrons. The van der Waals surface area contributed by atoms with Gasteiger partial charge < -0.3 is 9.80 Å². The number of halogens is 2. The Labute approximate surface area is 159 Å². The molecule has 0 bridgehead atoms. The lowest BCUT2D eigenvalue weighted by Gasteiger charge is -2.51. The van der Waals surface area contributed by atoms with E-state index in [1.54, 1.807) is 5.56 Å². The molecule has 1 saturated carbocycles. The molecule has 0 amide bonds. The van der Waals surface area contributed by atoms with Crippen molar-refractivity contribution in [2.45, 2.75) is 38.1 Å². The van der Waals surface area contributed by atoms with Crippen LogP contribution in [-0.4, -0.2) is 49.1 Å². The summed E-state index contributed by atoms with van der Waals surface area (Å²) in [5.74, 6) is 3.52. The van der Waals surface area contributed by atoms with Gasteiger partial charge in [0.2, 0.25) is 0 Å². The Kier molecular flexibility index (Phi) is 7.01. The van der Waals surface area contributed by atoms with Crippen molar-refractivity contribution in [1.82, 2.24) is 9.80 Å². The summed E-state index contributed by atoms with van der Waals surface area (Å²) in [6.07, 6.45) is 4.27. The van der Waals surface area contributed by atoms with Crippen molar-refractivity contribution in [3.05, 3.63) is 35.9 Å². The van der Waals surface area contributed by atoms with Gasteiger partial charge in [-0.15, -0.1) is 24.8 Å². The highest BCUT2D eigenvalue weighted by atomic mass is 35.5. The molecule has 2 saturated heterocycles. The number of hydrogen-bond donors (Lipinski definition) is 0. The van der Waals surface area contributed by atoms with E-state index < -0.39 is 0 Å². The number of piperidine rings is 1. The van der Waals surface area contributed by atoms with Crippen molar-refractivity contribution in [2.75, 3.05) is 33.2 Å². The second-order valence-corrected chi connectivity index (χ2v) is 7.80. The highest BCUT2D eigenvalue weighted by molar-refractivity contribution is 5.85. The van der Waals surface area contributed by atoms with Gasteiger partial charge in [0.15, 0.2) is 0 Å². The summed E-state index contributed by atoms with van der Waals surface area (Å²) in [5, 5.41) is 0. The lowest BCUT2D eigenvalue weighted by atomic mass is 9.61. The Bertz CT molecular complexity index is 508. The first-order valence-corrected chi connectivity index (χ1v) is 9.25. The highest BCUT2D eigenvalue weighted by Gasteiger charge is 2.50. The lowest BCUT2D eigenvalue weighted by molar-refractivity contribution is 0.00628. The summed E-state index contributed by atoms with van der Waals surface area (Å²) >= 11 is 0. The zero-order valence-corrected chi connectivity index (χ0v) is 16.6. The van der Waals surface area contributed by atoms with Gasteiger partial charge in [-0.25, -0.2) is 0 Å². The molecule has 1 aromatic rings. The molecule has 24 heavy (non-hydrogen) atoms. The van der Waals surface area contributed by atoms with E-state index in [2.05, 4.69) is 54.1 Å². The molecule has 4 rings (SSSR count). The van der Waals surface area contributed by atoms with Crippen LogP contribution in [0.2, 0.25) is 0 Å². The summed E-state index contributed by atoms with van der Waals surface area (Å²) in [6.45, 7) is 7.54. The summed E-state index contributed by atoms with van der Waals surface area (Å²) in [5.41, 5.74) is 1.59. The second-order valence-electron chi connectivity index (χ2n) is 7.80. The van der Waals surface area contributed by atoms with E-state index in [-0.39, 0.29) is 24.8 Å². The van der Waals surface area contributed by atoms with Crippen LogP contribution in [0.4, 0.5) is 0 Å². The lowest BCUT2D eigenvalue weighted by Crippen LogP contribution is -2.53. The Morgan fingerprint density at radius 3 is 2.42 bits per heavy atom. The van der Waals surface area contributed by atoms with E-state index in [1.807, 2.05) is 0 Å². The van der Waals surface area contributed by atoms with Crippen molar-refractivity contribution in [3.63, 3.8) is 0 Å². The molecule has 5 atom stereocenters. The number of benzene rings is 1. The summed E-state index contributed by atoms with van der Waals surface area (Å²) < 4.78 is 0. The van der Waals surface area contributed by atoms with Crippen LogP contribution < -0.4 is 0 Å². The van der Waals surface area contributed by atoms with Gasteiger partial charge in [0, 0.05) is 19.1 Å². The van der Waals surface area contributed by atoms with E-state index in [0.717, 1.165) is 29.7 Å². The van der Waals surface area contributed by atoms with E-state index in [0.29, 0.717) is 0 Å². The highest BCUT2D eigenvalue weighted by Crippen LogP contribution is 2.51. The van der Waals surface area contributed by atoms with Crippen LogP contribution in [0.1, 0.15) is 37.7 Å². The molecule has 0 aromatic heterocycles. The predicted molar refractivity (Wildman–Crippen MR) is 107 cm³/mol. The van der Waals surface area contributed by atoms with Crippen LogP contribution in [0.3, 0.4) is 0 Å². The zero-order chi connectivity index (χ0) is 15.1. The number of hydrogen-bond acceptors (Lipinski definition) is 2. The van der Waals surface area contributed by atoms with Crippen molar-refractivity contribution >= 4 is 24.8 Å². The van der Waals surface area contributed by atoms with Gasteiger partial charge in [0.25, 0.3) is 0 Å². The molecule has 2 nitrogen and oxygen atoms in total. The van der Waals surface area contributed by atoms with Gasteiger partial charge in [-0.05, 0) is 68.6 Å². The molecule has 1 aromatic carbocycles. The van der Waals surface area contributed by atoms with E-state index in [1.165, 1.54) is 45.4 Å². The van der Waals surface area contributed by atoms with E-state index in [9.17, 15) is 0 Å². The molecular formula is C20H32Cl2N2. The van der Waals surface area contributed by atoms with Gasteiger partial charge in [-0.2, -0.15) is 0 Å². The SMILES string of the molecule is CCN1CCCC2C3CN(C)CC3C(c3ccccc3)CC21.Cl.Cl. The Hall–Kier alpha value is -0.280. The first-order valence-electron chi connectivity index (χ1n) is 9.25. The van der Waals surface area contributed by atoms with Crippen molar-refractivity contribution in [3.8, 4) is 0 Å². The van der Waals surface area contributed by atoms with E-state index in [4.69, 9.17) is 0 Å². The van der Waals surface area contributed by atoms with Crippen LogP contribution in [-0.2, 0) is 0 Å². The number of nitrogens with zero attached hydrogens (tertiary/aromatic N) is 2. The third kappa shape index (κ3) is 3.49. The third-order valence-corrected chi connectivity index (χ3v) is 6.74. The normalized spacial score (nSPS) is 36.2. The van der Waals surface area contributed by atoms with Gasteiger partial charge in [0.05, 0.1) is 0 Å². The Morgan fingerprint density at radius 2 is 1.71 bits per heavy atom. The van der Waals surface area contributed by atoms with Crippen LogP contribution in [0.25, 0.3) is 0 Å². The number of likely N-dealkylation sites (tertiary alicyclic amines) is 2. The molecule has 2 aliphatic heterocycles. The van der Waals surface area contributed by atoms with Crippen molar-refractivity contribution in [1.29, 1.82) is 0 Å². The van der Waals surface area contributed by atoms with Gasteiger partial charge in [-0.1, -0.05) is 37.3 Å². The topological polar surface area (TPSA) is 6.48 Å². The van der Waals surface area contributed by atoms with Crippen LogP contribution in [0.5, 0.6) is 0 Å². The van der Waals surface area contributed by atoms with Crippen LogP contribution >= 0.6 is 24.8 Å². The third-order valence-electron chi connectivity index (χ3n) is 6.74. The minimum absolute atomic E-state index is 0. The monoisotopic (exact) mass is 370 g/mol. The zero-order valence-electron chi connectivity index (χ0n) is 14.9. The average Bonchev–Trinajstić information content (AvgIpc) is 2.96. The molecule has 1 aliphatic carbocycles. The quantitative estimate of drug-likeness (QED) is 0.765. The van der Waals surface area contributed by atoms with E-state index >= 15 is 0 Å². The molecule has 2 heterocycles. The van der Waals surface area contributed by atoms with Gasteiger partial charge >= 0.3 is 0 Å². The molecule has 5 unspecified atom stereocenters. The molecule has 0 spiro atoms. The maximum absolute atomic E-state index is 2.79. The largest absolute Gasteiger partial charge is 0.306 e. The van der Waals surface area contributed by atoms with Crippen molar-refractivity contribution < 1.29 is 0 Å². The smallest absolute Gasteiger partial charge is 0.0133 e. The van der Waals surface area contributed by atoms with Crippen LogP contribution in [0, 0.1) is 17.8 Å². The fourth-order valence-electron chi connectivity index (χ4n) is 5.84. The molecular weight excluding hydrogens is 339 g/mol. The molecule has 0 N–H and O–H groups in total. The molecule has 3 aliphatic rings. The average molecular weight is 371 g/mol. The minimum Gasteiger partial charge on any atom is -0.306 e. The first-order chi connectivity index (χ1) is 10.8. The van der Waals surface area contributed by atoms with Crippen LogP contribution in [0.15, 0.2) is 30.3 Å². The molecule has 4 heteroatoms. The molecule has 136 valence electrons.